The van der Waals surface area contributed by atoms with E-state index in [0.717, 1.165) is 11.5 Å². The van der Waals surface area contributed by atoms with Crippen LogP contribution in [0.5, 0.6) is 0 Å². The lowest BCUT2D eigenvalue weighted by molar-refractivity contribution is 0.232. The van der Waals surface area contributed by atoms with E-state index in [-0.39, 0.29) is 0 Å². The van der Waals surface area contributed by atoms with E-state index in [0.29, 0.717) is 17.0 Å². The Bertz CT molecular complexity index is 469. The zero-order valence-electron chi connectivity index (χ0n) is 11.7. The summed E-state index contributed by atoms with van der Waals surface area (Å²) in [5.74, 6) is 0.875. The standard InChI is InChI=1S/C14H22N4/c1-10-12(9-15)13(18(4)17-10)16-11-5-7-14(2,3)8-6-11/h11,16H,5-8H2,1-4H3. The van der Waals surface area contributed by atoms with Gasteiger partial charge in [-0.15, -0.1) is 0 Å². The first kappa shape index (κ1) is 12.9. The minimum atomic E-state index is 0.471. The van der Waals surface area contributed by atoms with Gasteiger partial charge in [-0.1, -0.05) is 13.8 Å². The second-order valence-electron chi connectivity index (χ2n) is 6.13. The third-order valence-electron chi connectivity index (χ3n) is 4.01. The highest BCUT2D eigenvalue weighted by Gasteiger charge is 2.27. The molecule has 0 amide bonds. The Morgan fingerprint density at radius 3 is 2.56 bits per heavy atom. The number of aromatic nitrogens is 2. The maximum atomic E-state index is 9.18. The first-order valence-electron chi connectivity index (χ1n) is 6.63. The Kier molecular flexibility index (Phi) is 3.34. The van der Waals surface area contributed by atoms with Crippen LogP contribution in [0.2, 0.25) is 0 Å². The fourth-order valence-electron chi connectivity index (χ4n) is 2.69. The van der Waals surface area contributed by atoms with Gasteiger partial charge in [-0.05, 0) is 38.0 Å². The molecular weight excluding hydrogens is 224 g/mol. The molecule has 1 fully saturated rings. The van der Waals surface area contributed by atoms with E-state index in [1.54, 1.807) is 4.68 Å². The summed E-state index contributed by atoms with van der Waals surface area (Å²) >= 11 is 0. The van der Waals surface area contributed by atoms with E-state index in [4.69, 9.17) is 0 Å². The summed E-state index contributed by atoms with van der Waals surface area (Å²) in [5, 5.41) is 17.0. The molecule has 0 spiro atoms. The van der Waals surface area contributed by atoms with Crippen molar-refractivity contribution >= 4 is 5.82 Å². The molecule has 0 radical (unpaired) electrons. The number of hydrogen-bond donors (Lipinski definition) is 1. The van der Waals surface area contributed by atoms with Crippen LogP contribution in [0.1, 0.15) is 50.8 Å². The molecule has 98 valence electrons. The molecule has 4 heteroatoms. The van der Waals surface area contributed by atoms with Crippen molar-refractivity contribution in [3.63, 3.8) is 0 Å². The largest absolute Gasteiger partial charge is 0.366 e. The number of rotatable bonds is 2. The van der Waals surface area contributed by atoms with E-state index in [1.165, 1.54) is 25.7 Å². The number of anilines is 1. The van der Waals surface area contributed by atoms with Crippen LogP contribution in [-0.2, 0) is 7.05 Å². The lowest BCUT2D eigenvalue weighted by Crippen LogP contribution is -2.30. The van der Waals surface area contributed by atoms with Gasteiger partial charge in [0.1, 0.15) is 17.5 Å². The Hall–Kier alpha value is -1.50. The number of nitriles is 1. The van der Waals surface area contributed by atoms with Gasteiger partial charge < -0.3 is 5.32 Å². The summed E-state index contributed by atoms with van der Waals surface area (Å²) in [7, 11) is 1.89. The number of aryl methyl sites for hydroxylation is 2. The van der Waals surface area contributed by atoms with Crippen molar-refractivity contribution in [3.05, 3.63) is 11.3 Å². The molecule has 1 aromatic heterocycles. The molecule has 1 aliphatic carbocycles. The zero-order valence-corrected chi connectivity index (χ0v) is 11.7. The summed E-state index contributed by atoms with van der Waals surface area (Å²) in [5.41, 5.74) is 1.96. The van der Waals surface area contributed by atoms with Gasteiger partial charge >= 0.3 is 0 Å². The van der Waals surface area contributed by atoms with Crippen LogP contribution in [0.4, 0.5) is 5.82 Å². The van der Waals surface area contributed by atoms with E-state index in [2.05, 4.69) is 30.3 Å². The first-order valence-corrected chi connectivity index (χ1v) is 6.63. The molecule has 0 saturated heterocycles. The minimum Gasteiger partial charge on any atom is -0.366 e. The smallest absolute Gasteiger partial charge is 0.142 e. The topological polar surface area (TPSA) is 53.6 Å². The van der Waals surface area contributed by atoms with Gasteiger partial charge in [0.15, 0.2) is 0 Å². The van der Waals surface area contributed by atoms with Crippen LogP contribution in [0.15, 0.2) is 0 Å². The van der Waals surface area contributed by atoms with E-state index in [1.807, 2.05) is 14.0 Å². The molecule has 1 heterocycles. The molecule has 0 aromatic carbocycles. The van der Waals surface area contributed by atoms with Gasteiger partial charge in [0, 0.05) is 13.1 Å². The highest BCUT2D eigenvalue weighted by atomic mass is 15.3. The molecule has 1 saturated carbocycles. The predicted octanol–water partition coefficient (Wildman–Crippen LogP) is 2.98. The lowest BCUT2D eigenvalue weighted by Gasteiger charge is -2.35. The van der Waals surface area contributed by atoms with Gasteiger partial charge in [-0.2, -0.15) is 10.4 Å². The average Bonchev–Trinajstić information content (AvgIpc) is 2.56. The molecule has 18 heavy (non-hydrogen) atoms. The van der Waals surface area contributed by atoms with Gasteiger partial charge in [0.2, 0.25) is 0 Å². The molecular formula is C14H22N4. The second kappa shape index (κ2) is 4.64. The Labute approximate surface area is 109 Å². The molecule has 1 aliphatic rings. The van der Waals surface area contributed by atoms with Crippen molar-refractivity contribution < 1.29 is 0 Å². The molecule has 0 aliphatic heterocycles. The van der Waals surface area contributed by atoms with Gasteiger partial charge in [-0.25, -0.2) is 0 Å². The Morgan fingerprint density at radius 1 is 1.39 bits per heavy atom. The molecule has 0 bridgehead atoms. The van der Waals surface area contributed by atoms with Crippen molar-refractivity contribution in [3.8, 4) is 6.07 Å². The molecule has 2 rings (SSSR count). The Balaban J connectivity index is 2.09. The Morgan fingerprint density at radius 2 is 2.00 bits per heavy atom. The highest BCUT2D eigenvalue weighted by molar-refractivity contribution is 5.55. The van der Waals surface area contributed by atoms with Crippen LogP contribution >= 0.6 is 0 Å². The van der Waals surface area contributed by atoms with E-state index in [9.17, 15) is 5.26 Å². The maximum absolute atomic E-state index is 9.18. The summed E-state index contributed by atoms with van der Waals surface area (Å²) in [6, 6.07) is 2.72. The third-order valence-corrected chi connectivity index (χ3v) is 4.01. The molecule has 1 aromatic rings. The monoisotopic (exact) mass is 246 g/mol. The second-order valence-corrected chi connectivity index (χ2v) is 6.13. The number of nitrogens with one attached hydrogen (secondary N) is 1. The van der Waals surface area contributed by atoms with E-state index >= 15 is 0 Å². The van der Waals surface area contributed by atoms with Crippen molar-refractivity contribution in [2.75, 3.05) is 5.32 Å². The predicted molar refractivity (Wildman–Crippen MR) is 72.3 cm³/mol. The molecule has 0 unspecified atom stereocenters. The third kappa shape index (κ3) is 2.50. The first-order chi connectivity index (χ1) is 8.43. The minimum absolute atomic E-state index is 0.471. The summed E-state index contributed by atoms with van der Waals surface area (Å²) in [6.07, 6.45) is 4.82. The van der Waals surface area contributed by atoms with Crippen LogP contribution in [-0.4, -0.2) is 15.8 Å². The van der Waals surface area contributed by atoms with Gasteiger partial charge in [-0.3, -0.25) is 4.68 Å². The van der Waals surface area contributed by atoms with Crippen molar-refractivity contribution in [2.45, 2.75) is 52.5 Å². The number of nitrogens with zero attached hydrogens (tertiary/aromatic N) is 3. The van der Waals surface area contributed by atoms with Crippen molar-refractivity contribution in [1.82, 2.24) is 9.78 Å². The molecule has 1 N–H and O–H groups in total. The van der Waals surface area contributed by atoms with Crippen LogP contribution in [0.3, 0.4) is 0 Å². The summed E-state index contributed by atoms with van der Waals surface area (Å²) in [4.78, 5) is 0. The lowest BCUT2D eigenvalue weighted by atomic mass is 9.75. The highest BCUT2D eigenvalue weighted by Crippen LogP contribution is 2.36. The number of hydrogen-bond acceptors (Lipinski definition) is 3. The van der Waals surface area contributed by atoms with Gasteiger partial charge in [0.05, 0.1) is 5.69 Å². The fourth-order valence-corrected chi connectivity index (χ4v) is 2.69. The van der Waals surface area contributed by atoms with Crippen molar-refractivity contribution in [2.24, 2.45) is 12.5 Å². The van der Waals surface area contributed by atoms with Gasteiger partial charge in [0.25, 0.3) is 0 Å². The van der Waals surface area contributed by atoms with E-state index < -0.39 is 0 Å². The maximum Gasteiger partial charge on any atom is 0.142 e. The normalized spacial score (nSPS) is 19.5. The molecule has 4 nitrogen and oxygen atoms in total. The SMILES string of the molecule is Cc1nn(C)c(NC2CCC(C)(C)CC2)c1C#N. The average molecular weight is 246 g/mol. The fraction of sp³-hybridized carbons (Fsp3) is 0.714. The summed E-state index contributed by atoms with van der Waals surface area (Å²) in [6.45, 7) is 6.55. The zero-order chi connectivity index (χ0) is 13.3. The quantitative estimate of drug-likeness (QED) is 0.872. The summed E-state index contributed by atoms with van der Waals surface area (Å²) < 4.78 is 1.79. The van der Waals surface area contributed by atoms with Crippen LogP contribution in [0, 0.1) is 23.7 Å². The van der Waals surface area contributed by atoms with Crippen LogP contribution < -0.4 is 5.32 Å². The van der Waals surface area contributed by atoms with Crippen molar-refractivity contribution in [1.29, 1.82) is 5.26 Å². The van der Waals surface area contributed by atoms with Crippen LogP contribution in [0.25, 0.3) is 0 Å². The molecule has 0 atom stereocenters.